The zero-order valence-electron chi connectivity index (χ0n) is 15.5. The Kier molecular flexibility index (Phi) is 5.35. The van der Waals surface area contributed by atoms with Gasteiger partial charge >= 0.3 is 6.09 Å². The molecular formula is C18H24BrFN2O4. The summed E-state index contributed by atoms with van der Waals surface area (Å²) in [5.41, 5.74) is 0.215. The van der Waals surface area contributed by atoms with E-state index in [-0.39, 0.29) is 22.4 Å². The third-order valence-electron chi connectivity index (χ3n) is 4.48. The highest BCUT2D eigenvalue weighted by atomic mass is 79.9. The molecule has 3 rings (SSSR count). The number of benzene rings is 1. The lowest BCUT2D eigenvalue weighted by Gasteiger charge is -2.40. The Hall–Kier alpha value is -1.54. The van der Waals surface area contributed by atoms with Crippen LogP contribution in [0.25, 0.3) is 0 Å². The summed E-state index contributed by atoms with van der Waals surface area (Å²) in [6.45, 7) is 8.12. The zero-order valence-corrected chi connectivity index (χ0v) is 17.1. The number of rotatable bonds is 1. The average Bonchev–Trinajstić information content (AvgIpc) is 2.75. The third-order valence-corrected chi connectivity index (χ3v) is 5.21. The minimum absolute atomic E-state index is 0.0205. The first kappa shape index (κ1) is 19.2. The molecule has 2 aliphatic rings. The summed E-state index contributed by atoms with van der Waals surface area (Å²) < 4.78 is 31.4. The second-order valence-electron chi connectivity index (χ2n) is 7.56. The molecule has 0 N–H and O–H groups in total. The fourth-order valence-corrected chi connectivity index (χ4v) is 3.66. The van der Waals surface area contributed by atoms with E-state index in [2.05, 4.69) is 20.8 Å². The summed E-state index contributed by atoms with van der Waals surface area (Å²) in [6, 6.07) is 1.78. The average molecular weight is 431 g/mol. The Morgan fingerprint density at radius 1 is 1.38 bits per heavy atom. The fraction of sp³-hybridized carbons (Fsp3) is 0.611. The Balaban J connectivity index is 1.76. The Bertz CT molecular complexity index is 707. The fourth-order valence-electron chi connectivity index (χ4n) is 3.21. The quantitative estimate of drug-likeness (QED) is 0.683. The van der Waals surface area contributed by atoms with Crippen molar-refractivity contribution in [2.45, 2.75) is 39.0 Å². The van der Waals surface area contributed by atoms with E-state index in [4.69, 9.17) is 14.2 Å². The van der Waals surface area contributed by atoms with Gasteiger partial charge in [-0.2, -0.15) is 0 Å². The maximum atomic E-state index is 14.6. The minimum Gasteiger partial charge on any atom is -0.495 e. The van der Waals surface area contributed by atoms with Gasteiger partial charge in [0.15, 0.2) is 11.6 Å². The van der Waals surface area contributed by atoms with Crippen LogP contribution in [0.3, 0.4) is 0 Å². The molecular weight excluding hydrogens is 407 g/mol. The van der Waals surface area contributed by atoms with E-state index >= 15 is 0 Å². The molecule has 1 atom stereocenters. The molecule has 1 fully saturated rings. The molecule has 6 nitrogen and oxygen atoms in total. The number of fused-ring (bicyclic) bond motifs is 2. The lowest BCUT2D eigenvalue weighted by Crippen LogP contribution is -2.56. The number of hydrogen-bond donors (Lipinski definition) is 0. The van der Waals surface area contributed by atoms with Crippen LogP contribution in [0.15, 0.2) is 10.5 Å². The number of ether oxygens (including phenoxy) is 3. The number of hydrogen-bond acceptors (Lipinski definition) is 5. The first-order chi connectivity index (χ1) is 12.2. The predicted molar refractivity (Wildman–Crippen MR) is 98.2 cm³/mol. The number of carbonyl (C=O) groups excluding carboxylic acids is 1. The van der Waals surface area contributed by atoms with Crippen molar-refractivity contribution >= 4 is 22.0 Å². The summed E-state index contributed by atoms with van der Waals surface area (Å²) in [4.78, 5) is 16.2. The second kappa shape index (κ2) is 7.23. The number of nitrogens with zero attached hydrogens (tertiary/aromatic N) is 2. The molecule has 0 aromatic heterocycles. The van der Waals surface area contributed by atoms with Gasteiger partial charge in [0.25, 0.3) is 0 Å². The summed E-state index contributed by atoms with van der Waals surface area (Å²) in [5, 5.41) is 0. The number of amides is 1. The summed E-state index contributed by atoms with van der Waals surface area (Å²) in [6.07, 6.45) is -0.325. The molecule has 2 aliphatic heterocycles. The van der Waals surface area contributed by atoms with Crippen molar-refractivity contribution < 1.29 is 23.4 Å². The van der Waals surface area contributed by atoms with E-state index in [1.807, 2.05) is 20.8 Å². The highest BCUT2D eigenvalue weighted by Crippen LogP contribution is 2.39. The smallest absolute Gasteiger partial charge is 0.410 e. The third kappa shape index (κ3) is 3.91. The van der Waals surface area contributed by atoms with Crippen molar-refractivity contribution in [3.8, 4) is 11.5 Å². The first-order valence-corrected chi connectivity index (χ1v) is 9.38. The zero-order chi connectivity index (χ0) is 19.1. The molecule has 0 radical (unpaired) electrons. The van der Waals surface area contributed by atoms with Crippen LogP contribution in [0, 0.1) is 5.82 Å². The molecule has 2 heterocycles. The van der Waals surface area contributed by atoms with Crippen molar-refractivity contribution in [2.75, 3.05) is 33.4 Å². The van der Waals surface area contributed by atoms with Crippen molar-refractivity contribution in [3.05, 3.63) is 21.9 Å². The van der Waals surface area contributed by atoms with E-state index in [0.717, 1.165) is 5.56 Å². The topological polar surface area (TPSA) is 51.2 Å². The molecule has 0 bridgehead atoms. The van der Waals surface area contributed by atoms with E-state index < -0.39 is 11.4 Å². The lowest BCUT2D eigenvalue weighted by molar-refractivity contribution is -0.00164. The molecule has 0 aliphatic carbocycles. The van der Waals surface area contributed by atoms with Crippen LogP contribution < -0.4 is 9.47 Å². The van der Waals surface area contributed by atoms with Gasteiger partial charge < -0.3 is 19.1 Å². The van der Waals surface area contributed by atoms with Gasteiger partial charge in [-0.25, -0.2) is 9.18 Å². The van der Waals surface area contributed by atoms with Gasteiger partial charge in [-0.15, -0.1) is 0 Å². The van der Waals surface area contributed by atoms with E-state index in [9.17, 15) is 9.18 Å². The molecule has 8 heteroatoms. The maximum absolute atomic E-state index is 14.6. The summed E-state index contributed by atoms with van der Waals surface area (Å²) >= 11 is 3.22. The van der Waals surface area contributed by atoms with Crippen LogP contribution in [0.4, 0.5) is 9.18 Å². The first-order valence-electron chi connectivity index (χ1n) is 8.59. The Labute approximate surface area is 161 Å². The monoisotopic (exact) mass is 430 g/mol. The minimum atomic E-state index is -0.531. The van der Waals surface area contributed by atoms with E-state index in [1.54, 1.807) is 11.0 Å². The van der Waals surface area contributed by atoms with Gasteiger partial charge in [0.2, 0.25) is 0 Å². The highest BCUT2D eigenvalue weighted by molar-refractivity contribution is 9.10. The van der Waals surface area contributed by atoms with E-state index in [1.165, 1.54) is 7.11 Å². The van der Waals surface area contributed by atoms with Gasteiger partial charge in [-0.3, -0.25) is 4.90 Å². The number of methoxy groups -OCH3 is 1. The number of carbonyl (C=O) groups is 1. The van der Waals surface area contributed by atoms with Crippen LogP contribution in [0.5, 0.6) is 11.5 Å². The van der Waals surface area contributed by atoms with Gasteiger partial charge in [0.05, 0.1) is 17.6 Å². The van der Waals surface area contributed by atoms with Crippen LogP contribution in [-0.4, -0.2) is 60.9 Å². The number of halogens is 2. The van der Waals surface area contributed by atoms with Crippen LogP contribution in [0.1, 0.15) is 26.3 Å². The molecule has 0 saturated carbocycles. The Morgan fingerprint density at radius 2 is 2.12 bits per heavy atom. The van der Waals surface area contributed by atoms with Crippen molar-refractivity contribution in [1.82, 2.24) is 9.80 Å². The normalized spacial score (nSPS) is 20.5. The molecule has 1 aromatic carbocycles. The van der Waals surface area contributed by atoms with Crippen LogP contribution in [-0.2, 0) is 11.3 Å². The number of piperazine rings is 1. The molecule has 1 amide bonds. The van der Waals surface area contributed by atoms with Crippen molar-refractivity contribution in [2.24, 2.45) is 0 Å². The summed E-state index contributed by atoms with van der Waals surface area (Å²) in [7, 11) is 1.51. The SMILES string of the molecule is COc1cc2c(c(F)c1Br)OCC1CN(C(=O)OC(C)(C)C)CCN1C2. The maximum Gasteiger partial charge on any atom is 0.410 e. The van der Waals surface area contributed by atoms with Gasteiger partial charge in [0, 0.05) is 31.7 Å². The summed E-state index contributed by atoms with van der Waals surface area (Å²) in [5.74, 6) is 0.231. The molecule has 144 valence electrons. The van der Waals surface area contributed by atoms with Crippen LogP contribution >= 0.6 is 15.9 Å². The lowest BCUT2D eigenvalue weighted by atomic mass is 10.1. The molecule has 0 spiro atoms. The molecule has 1 saturated heterocycles. The Morgan fingerprint density at radius 3 is 2.77 bits per heavy atom. The molecule has 1 unspecified atom stereocenters. The van der Waals surface area contributed by atoms with Gasteiger partial charge in [0.1, 0.15) is 18.0 Å². The molecule has 1 aromatic rings. The molecule has 26 heavy (non-hydrogen) atoms. The van der Waals surface area contributed by atoms with Gasteiger partial charge in [-0.1, -0.05) is 0 Å². The highest BCUT2D eigenvalue weighted by Gasteiger charge is 2.35. The van der Waals surface area contributed by atoms with Crippen molar-refractivity contribution in [3.63, 3.8) is 0 Å². The standard InChI is InChI=1S/C18H24BrFN2O4/c1-18(2,3)26-17(23)22-6-5-21-8-11-7-13(24-4)14(19)15(20)16(11)25-10-12(21)9-22/h7,12H,5-6,8-10H2,1-4H3. The van der Waals surface area contributed by atoms with E-state index in [0.29, 0.717) is 38.5 Å². The second-order valence-corrected chi connectivity index (χ2v) is 8.35. The van der Waals surface area contributed by atoms with Gasteiger partial charge in [-0.05, 0) is 42.8 Å². The largest absolute Gasteiger partial charge is 0.495 e. The van der Waals surface area contributed by atoms with Crippen LogP contribution in [0.2, 0.25) is 0 Å². The van der Waals surface area contributed by atoms with Crippen molar-refractivity contribution in [1.29, 1.82) is 0 Å². The predicted octanol–water partition coefficient (Wildman–Crippen LogP) is 3.41.